The fourth-order valence-corrected chi connectivity index (χ4v) is 1.06. The van der Waals surface area contributed by atoms with Gasteiger partial charge in [0.15, 0.2) is 0 Å². The summed E-state index contributed by atoms with van der Waals surface area (Å²) in [5.41, 5.74) is 1.25. The van der Waals surface area contributed by atoms with E-state index >= 15 is 0 Å². The van der Waals surface area contributed by atoms with E-state index in [0.717, 1.165) is 18.8 Å². The summed E-state index contributed by atoms with van der Waals surface area (Å²) in [5, 5.41) is 3.23. The number of ether oxygens (including phenoxy) is 1. The molecule has 0 radical (unpaired) electrons. The van der Waals surface area contributed by atoms with Crippen molar-refractivity contribution in [3.05, 3.63) is 42.5 Å². The zero-order valence-electron chi connectivity index (χ0n) is 7.92. The van der Waals surface area contributed by atoms with Crippen molar-refractivity contribution in [1.29, 1.82) is 0 Å². The van der Waals surface area contributed by atoms with E-state index in [9.17, 15) is 0 Å². The van der Waals surface area contributed by atoms with Gasteiger partial charge in [-0.3, -0.25) is 0 Å². The molecule has 0 saturated carbocycles. The van der Waals surface area contributed by atoms with Crippen LogP contribution in [0.3, 0.4) is 0 Å². The minimum atomic E-state index is 0.839. The molecule has 0 amide bonds. The van der Waals surface area contributed by atoms with Crippen LogP contribution in [-0.2, 0) is 6.54 Å². The van der Waals surface area contributed by atoms with E-state index in [1.807, 2.05) is 18.2 Å². The van der Waals surface area contributed by atoms with Gasteiger partial charge < -0.3 is 10.1 Å². The molecular weight excluding hydrogens is 162 g/mol. The summed E-state index contributed by atoms with van der Waals surface area (Å²) in [5.74, 6) is 0.896. The lowest BCUT2D eigenvalue weighted by Gasteiger charge is -2.03. The molecule has 0 unspecified atom stereocenters. The highest BCUT2D eigenvalue weighted by Gasteiger charge is 1.92. The SMILES string of the molecule is C=CCNCc1ccc(OC)cc1. The summed E-state index contributed by atoms with van der Waals surface area (Å²) in [6, 6.07) is 8.03. The summed E-state index contributed by atoms with van der Waals surface area (Å²) < 4.78 is 5.06. The number of rotatable bonds is 5. The van der Waals surface area contributed by atoms with Crippen molar-refractivity contribution in [2.45, 2.75) is 6.54 Å². The molecule has 0 aliphatic rings. The van der Waals surface area contributed by atoms with Gasteiger partial charge in [0, 0.05) is 13.1 Å². The molecule has 1 rings (SSSR count). The van der Waals surface area contributed by atoms with Crippen molar-refractivity contribution in [2.75, 3.05) is 13.7 Å². The third-order valence-electron chi connectivity index (χ3n) is 1.78. The van der Waals surface area contributed by atoms with Crippen LogP contribution in [0.4, 0.5) is 0 Å². The lowest BCUT2D eigenvalue weighted by molar-refractivity contribution is 0.414. The molecule has 0 aliphatic carbocycles. The average Bonchev–Trinajstić information content (AvgIpc) is 2.19. The number of methoxy groups -OCH3 is 1. The van der Waals surface area contributed by atoms with Crippen molar-refractivity contribution in [1.82, 2.24) is 5.32 Å². The molecule has 2 nitrogen and oxygen atoms in total. The second-order valence-corrected chi connectivity index (χ2v) is 2.77. The highest BCUT2D eigenvalue weighted by molar-refractivity contribution is 5.26. The second kappa shape index (κ2) is 5.38. The van der Waals surface area contributed by atoms with Gasteiger partial charge in [-0.05, 0) is 17.7 Å². The first-order valence-corrected chi connectivity index (χ1v) is 4.31. The topological polar surface area (TPSA) is 21.3 Å². The van der Waals surface area contributed by atoms with Gasteiger partial charge in [0.2, 0.25) is 0 Å². The molecule has 70 valence electrons. The molecule has 1 aromatic rings. The first kappa shape index (κ1) is 9.81. The third-order valence-corrected chi connectivity index (χ3v) is 1.78. The molecular formula is C11H15NO. The summed E-state index contributed by atoms with van der Waals surface area (Å²) in [4.78, 5) is 0. The molecule has 0 atom stereocenters. The van der Waals surface area contributed by atoms with Crippen LogP contribution in [-0.4, -0.2) is 13.7 Å². The van der Waals surface area contributed by atoms with E-state index in [4.69, 9.17) is 4.74 Å². The monoisotopic (exact) mass is 177 g/mol. The summed E-state index contributed by atoms with van der Waals surface area (Å²) in [6.45, 7) is 5.35. The van der Waals surface area contributed by atoms with Crippen LogP contribution >= 0.6 is 0 Å². The first-order chi connectivity index (χ1) is 6.36. The minimum absolute atomic E-state index is 0.839. The van der Waals surface area contributed by atoms with Gasteiger partial charge in [-0.15, -0.1) is 6.58 Å². The van der Waals surface area contributed by atoms with E-state index in [-0.39, 0.29) is 0 Å². The van der Waals surface area contributed by atoms with Crippen LogP contribution in [0.25, 0.3) is 0 Å². The van der Waals surface area contributed by atoms with E-state index in [1.165, 1.54) is 5.56 Å². The Morgan fingerprint density at radius 2 is 2.08 bits per heavy atom. The van der Waals surface area contributed by atoms with Crippen LogP contribution in [0.5, 0.6) is 5.75 Å². The van der Waals surface area contributed by atoms with Crippen molar-refractivity contribution < 1.29 is 4.74 Å². The minimum Gasteiger partial charge on any atom is -0.497 e. The normalized spacial score (nSPS) is 9.62. The Hall–Kier alpha value is -1.28. The van der Waals surface area contributed by atoms with Crippen LogP contribution in [0, 0.1) is 0 Å². The maximum Gasteiger partial charge on any atom is 0.118 e. The molecule has 13 heavy (non-hydrogen) atoms. The average molecular weight is 177 g/mol. The maximum atomic E-state index is 5.06. The fourth-order valence-electron chi connectivity index (χ4n) is 1.06. The van der Waals surface area contributed by atoms with Crippen LogP contribution in [0.1, 0.15) is 5.56 Å². The largest absolute Gasteiger partial charge is 0.497 e. The fraction of sp³-hybridized carbons (Fsp3) is 0.273. The zero-order chi connectivity index (χ0) is 9.52. The standard InChI is InChI=1S/C11H15NO/c1-3-8-12-9-10-4-6-11(13-2)7-5-10/h3-7,12H,1,8-9H2,2H3. The Kier molecular flexibility index (Phi) is 4.06. The maximum absolute atomic E-state index is 5.06. The predicted molar refractivity (Wildman–Crippen MR) is 54.9 cm³/mol. The molecule has 0 heterocycles. The second-order valence-electron chi connectivity index (χ2n) is 2.77. The van der Waals surface area contributed by atoms with Crippen LogP contribution < -0.4 is 10.1 Å². The van der Waals surface area contributed by atoms with Gasteiger partial charge >= 0.3 is 0 Å². The Morgan fingerprint density at radius 1 is 1.38 bits per heavy atom. The van der Waals surface area contributed by atoms with Crippen molar-refractivity contribution in [2.24, 2.45) is 0 Å². The Bertz CT molecular complexity index is 253. The van der Waals surface area contributed by atoms with Crippen molar-refractivity contribution in [3.8, 4) is 5.75 Å². The zero-order valence-corrected chi connectivity index (χ0v) is 7.92. The van der Waals surface area contributed by atoms with Gasteiger partial charge in [-0.1, -0.05) is 18.2 Å². The summed E-state index contributed by atoms with van der Waals surface area (Å²) in [6.07, 6.45) is 1.85. The number of hydrogen-bond donors (Lipinski definition) is 1. The molecule has 0 aliphatic heterocycles. The first-order valence-electron chi connectivity index (χ1n) is 4.31. The number of hydrogen-bond acceptors (Lipinski definition) is 2. The van der Waals surface area contributed by atoms with Gasteiger partial charge in [0.1, 0.15) is 5.75 Å². The van der Waals surface area contributed by atoms with Crippen molar-refractivity contribution >= 4 is 0 Å². The lowest BCUT2D eigenvalue weighted by Crippen LogP contribution is -2.12. The van der Waals surface area contributed by atoms with E-state index in [1.54, 1.807) is 7.11 Å². The highest BCUT2D eigenvalue weighted by atomic mass is 16.5. The number of nitrogens with one attached hydrogen (secondary N) is 1. The molecule has 1 N–H and O–H groups in total. The lowest BCUT2D eigenvalue weighted by atomic mass is 10.2. The highest BCUT2D eigenvalue weighted by Crippen LogP contribution is 2.10. The Labute approximate surface area is 79.2 Å². The van der Waals surface area contributed by atoms with E-state index < -0.39 is 0 Å². The summed E-state index contributed by atoms with van der Waals surface area (Å²) >= 11 is 0. The van der Waals surface area contributed by atoms with Crippen LogP contribution in [0.2, 0.25) is 0 Å². The number of benzene rings is 1. The van der Waals surface area contributed by atoms with Gasteiger partial charge in [0.25, 0.3) is 0 Å². The molecule has 0 aromatic heterocycles. The van der Waals surface area contributed by atoms with E-state index in [2.05, 4.69) is 24.0 Å². The molecule has 1 aromatic carbocycles. The quantitative estimate of drug-likeness (QED) is 0.548. The van der Waals surface area contributed by atoms with E-state index in [0.29, 0.717) is 0 Å². The van der Waals surface area contributed by atoms with Crippen molar-refractivity contribution in [3.63, 3.8) is 0 Å². The predicted octanol–water partition coefficient (Wildman–Crippen LogP) is 1.97. The molecule has 0 saturated heterocycles. The Balaban J connectivity index is 2.44. The van der Waals surface area contributed by atoms with Gasteiger partial charge in [-0.25, -0.2) is 0 Å². The molecule has 0 bridgehead atoms. The van der Waals surface area contributed by atoms with Gasteiger partial charge in [-0.2, -0.15) is 0 Å². The molecule has 0 spiro atoms. The summed E-state index contributed by atoms with van der Waals surface area (Å²) in [7, 11) is 1.67. The Morgan fingerprint density at radius 3 is 2.62 bits per heavy atom. The third kappa shape index (κ3) is 3.30. The smallest absolute Gasteiger partial charge is 0.118 e. The van der Waals surface area contributed by atoms with Crippen LogP contribution in [0.15, 0.2) is 36.9 Å². The van der Waals surface area contributed by atoms with Gasteiger partial charge in [0.05, 0.1) is 7.11 Å². The molecule has 0 fully saturated rings. The molecule has 2 heteroatoms.